The van der Waals surface area contributed by atoms with E-state index in [2.05, 4.69) is 17.1 Å². The van der Waals surface area contributed by atoms with Crippen LogP contribution in [0.25, 0.3) is 17.1 Å². The summed E-state index contributed by atoms with van der Waals surface area (Å²) in [6, 6.07) is 11.8. The molecule has 0 aliphatic rings. The van der Waals surface area contributed by atoms with Gasteiger partial charge in [0, 0.05) is 19.8 Å². The van der Waals surface area contributed by atoms with E-state index in [0.717, 1.165) is 23.4 Å². The largest absolute Gasteiger partial charge is 0.507 e. The van der Waals surface area contributed by atoms with Crippen molar-refractivity contribution in [1.29, 1.82) is 0 Å². The van der Waals surface area contributed by atoms with Crippen molar-refractivity contribution in [3.63, 3.8) is 0 Å². The van der Waals surface area contributed by atoms with Crippen LogP contribution in [0.5, 0.6) is 5.75 Å². The first-order valence-corrected chi connectivity index (χ1v) is 8.61. The number of nitrogens with zero attached hydrogens (tertiary/aromatic N) is 3. The highest BCUT2D eigenvalue weighted by atomic mass is 32.1. The normalized spacial score (nSPS) is 10.9. The average Bonchev–Trinajstić information content (AvgIpc) is 2.96. The van der Waals surface area contributed by atoms with Gasteiger partial charge in [0.15, 0.2) is 10.6 Å². The highest BCUT2D eigenvalue weighted by molar-refractivity contribution is 7.71. The lowest BCUT2D eigenvalue weighted by atomic mass is 10.0. The van der Waals surface area contributed by atoms with Gasteiger partial charge in [-0.15, -0.1) is 0 Å². The number of rotatable bonds is 4. The zero-order chi connectivity index (χ0) is 18.1. The standard InChI is InChI=1S/C19H22N4OS/c1-5-13-10-16(17(24)9-12(13)2)18-20-21-19(25)23(18)15-8-6-7-14(11-15)22(3)4/h6-11,24H,5H2,1-4H3,(H,21,25). The molecule has 2 N–H and O–H groups in total. The molecule has 0 atom stereocenters. The van der Waals surface area contributed by atoms with Crippen molar-refractivity contribution in [2.45, 2.75) is 20.3 Å². The minimum absolute atomic E-state index is 0.203. The summed E-state index contributed by atoms with van der Waals surface area (Å²) in [6.07, 6.45) is 0.889. The predicted octanol–water partition coefficient (Wildman–Crippen LogP) is 4.24. The summed E-state index contributed by atoms with van der Waals surface area (Å²) in [5, 5.41) is 17.7. The molecule has 0 fully saturated rings. The Morgan fingerprint density at radius 1 is 1.24 bits per heavy atom. The molecule has 25 heavy (non-hydrogen) atoms. The van der Waals surface area contributed by atoms with E-state index in [1.165, 1.54) is 5.56 Å². The number of aromatic hydroxyl groups is 1. The van der Waals surface area contributed by atoms with Crippen molar-refractivity contribution >= 4 is 17.9 Å². The number of benzene rings is 2. The summed E-state index contributed by atoms with van der Waals surface area (Å²) in [6.45, 7) is 4.10. The van der Waals surface area contributed by atoms with Gasteiger partial charge in [-0.3, -0.25) is 9.67 Å². The van der Waals surface area contributed by atoms with E-state index in [0.29, 0.717) is 16.2 Å². The van der Waals surface area contributed by atoms with Crippen molar-refractivity contribution in [1.82, 2.24) is 14.8 Å². The minimum atomic E-state index is 0.203. The monoisotopic (exact) mass is 354 g/mol. The SMILES string of the molecule is CCc1cc(-c2n[nH]c(=S)n2-c2cccc(N(C)C)c2)c(O)cc1C. The molecule has 0 amide bonds. The molecular weight excluding hydrogens is 332 g/mol. The van der Waals surface area contributed by atoms with E-state index in [9.17, 15) is 5.11 Å². The van der Waals surface area contributed by atoms with Crippen molar-refractivity contribution < 1.29 is 5.11 Å². The van der Waals surface area contributed by atoms with Crippen LogP contribution < -0.4 is 4.90 Å². The second kappa shape index (κ2) is 6.72. The fourth-order valence-electron chi connectivity index (χ4n) is 2.92. The van der Waals surface area contributed by atoms with E-state index in [1.54, 1.807) is 6.07 Å². The summed E-state index contributed by atoms with van der Waals surface area (Å²) < 4.78 is 2.34. The van der Waals surface area contributed by atoms with Gasteiger partial charge in [-0.25, -0.2) is 0 Å². The van der Waals surface area contributed by atoms with Crippen LogP contribution in [0.3, 0.4) is 0 Å². The molecule has 0 spiro atoms. The fourth-order valence-corrected chi connectivity index (χ4v) is 3.16. The van der Waals surface area contributed by atoms with Gasteiger partial charge in [-0.2, -0.15) is 5.10 Å². The molecule has 0 saturated carbocycles. The van der Waals surface area contributed by atoms with Gasteiger partial charge >= 0.3 is 0 Å². The highest BCUT2D eigenvalue weighted by Gasteiger charge is 2.16. The zero-order valence-electron chi connectivity index (χ0n) is 14.9. The second-order valence-electron chi connectivity index (χ2n) is 6.25. The Kier molecular flexibility index (Phi) is 4.63. The molecule has 1 heterocycles. The van der Waals surface area contributed by atoms with Gasteiger partial charge in [0.05, 0.1) is 11.3 Å². The first kappa shape index (κ1) is 17.2. The van der Waals surface area contributed by atoms with Crippen LogP contribution >= 0.6 is 12.2 Å². The van der Waals surface area contributed by atoms with Crippen LogP contribution in [0.15, 0.2) is 36.4 Å². The molecule has 2 aromatic carbocycles. The van der Waals surface area contributed by atoms with Gasteiger partial charge in [-0.1, -0.05) is 13.0 Å². The molecular formula is C19H22N4OS. The van der Waals surface area contributed by atoms with Gasteiger partial charge in [0.2, 0.25) is 0 Å². The van der Waals surface area contributed by atoms with Gasteiger partial charge in [-0.05, 0) is 67.0 Å². The van der Waals surface area contributed by atoms with Crippen LogP contribution in [0.1, 0.15) is 18.1 Å². The molecule has 0 aliphatic heterocycles. The van der Waals surface area contributed by atoms with E-state index < -0.39 is 0 Å². The van der Waals surface area contributed by atoms with Crippen LogP contribution in [0.4, 0.5) is 5.69 Å². The van der Waals surface area contributed by atoms with Crippen molar-refractivity contribution in [2.75, 3.05) is 19.0 Å². The number of aromatic nitrogens is 3. The number of aryl methyl sites for hydroxylation is 2. The lowest BCUT2D eigenvalue weighted by molar-refractivity contribution is 0.476. The minimum Gasteiger partial charge on any atom is -0.507 e. The van der Waals surface area contributed by atoms with Crippen LogP contribution in [-0.4, -0.2) is 34.0 Å². The van der Waals surface area contributed by atoms with E-state index >= 15 is 0 Å². The van der Waals surface area contributed by atoms with Crippen molar-refractivity contribution in [2.24, 2.45) is 0 Å². The lowest BCUT2D eigenvalue weighted by Crippen LogP contribution is -2.09. The van der Waals surface area contributed by atoms with Crippen molar-refractivity contribution in [3.05, 3.63) is 52.3 Å². The topological polar surface area (TPSA) is 57.1 Å². The number of H-pyrrole nitrogens is 1. The quantitative estimate of drug-likeness (QED) is 0.688. The molecule has 3 rings (SSSR count). The Labute approximate surface area is 152 Å². The van der Waals surface area contributed by atoms with Gasteiger partial charge in [0.1, 0.15) is 5.75 Å². The van der Waals surface area contributed by atoms with Crippen molar-refractivity contribution in [3.8, 4) is 22.8 Å². The molecule has 0 unspecified atom stereocenters. The van der Waals surface area contributed by atoms with Gasteiger partial charge in [0.25, 0.3) is 0 Å². The summed E-state index contributed by atoms with van der Waals surface area (Å²) in [7, 11) is 3.99. The molecule has 0 aliphatic carbocycles. The lowest BCUT2D eigenvalue weighted by Gasteiger charge is -2.15. The molecule has 0 radical (unpaired) electrons. The predicted molar refractivity (Wildman–Crippen MR) is 104 cm³/mol. The zero-order valence-corrected chi connectivity index (χ0v) is 15.7. The smallest absolute Gasteiger partial charge is 0.200 e. The Hall–Kier alpha value is -2.60. The summed E-state index contributed by atoms with van der Waals surface area (Å²) in [4.78, 5) is 2.03. The number of nitrogens with one attached hydrogen (secondary N) is 1. The number of aromatic amines is 1. The maximum Gasteiger partial charge on any atom is 0.200 e. The first-order valence-electron chi connectivity index (χ1n) is 8.20. The maximum absolute atomic E-state index is 10.5. The second-order valence-corrected chi connectivity index (χ2v) is 6.64. The van der Waals surface area contributed by atoms with E-state index in [4.69, 9.17) is 12.2 Å². The summed E-state index contributed by atoms with van der Waals surface area (Å²) >= 11 is 5.44. The first-order chi connectivity index (χ1) is 11.9. The average molecular weight is 354 g/mol. The number of hydrogen-bond acceptors (Lipinski definition) is 4. The molecule has 0 bridgehead atoms. The third-order valence-electron chi connectivity index (χ3n) is 4.35. The summed E-state index contributed by atoms with van der Waals surface area (Å²) in [5.41, 5.74) is 4.88. The number of phenols is 1. The van der Waals surface area contributed by atoms with E-state index in [1.807, 2.05) is 60.8 Å². The Morgan fingerprint density at radius 2 is 2.00 bits per heavy atom. The molecule has 5 nitrogen and oxygen atoms in total. The Balaban J connectivity index is 2.22. The number of hydrogen-bond donors (Lipinski definition) is 2. The van der Waals surface area contributed by atoms with Crippen LogP contribution in [0, 0.1) is 11.7 Å². The summed E-state index contributed by atoms with van der Waals surface area (Å²) in [5.74, 6) is 0.807. The Morgan fingerprint density at radius 3 is 2.68 bits per heavy atom. The number of phenolic OH excluding ortho intramolecular Hbond substituents is 1. The van der Waals surface area contributed by atoms with Gasteiger partial charge < -0.3 is 10.0 Å². The maximum atomic E-state index is 10.5. The number of anilines is 1. The van der Waals surface area contributed by atoms with Crippen LogP contribution in [0.2, 0.25) is 0 Å². The molecule has 3 aromatic rings. The van der Waals surface area contributed by atoms with Crippen LogP contribution in [-0.2, 0) is 6.42 Å². The molecule has 6 heteroatoms. The van der Waals surface area contributed by atoms with E-state index in [-0.39, 0.29) is 5.75 Å². The third-order valence-corrected chi connectivity index (χ3v) is 4.63. The fraction of sp³-hybridized carbons (Fsp3) is 0.263. The Bertz CT molecular complexity index is 972. The molecule has 130 valence electrons. The third kappa shape index (κ3) is 3.17. The molecule has 0 saturated heterocycles. The molecule has 1 aromatic heterocycles. The highest BCUT2D eigenvalue weighted by Crippen LogP contribution is 2.33.